The Morgan fingerprint density at radius 2 is 2.56 bits per heavy atom. The Hall–Kier alpha value is -1.56. The summed E-state index contributed by atoms with van der Waals surface area (Å²) in [6, 6.07) is 1.53. The van der Waals surface area contributed by atoms with E-state index in [-0.39, 0.29) is 11.7 Å². The van der Waals surface area contributed by atoms with Gasteiger partial charge in [-0.3, -0.25) is 4.79 Å². The maximum atomic E-state index is 12.3. The molecule has 6 heteroatoms. The Bertz CT molecular complexity index is 405. The molecule has 100 valence electrons. The van der Waals surface area contributed by atoms with Gasteiger partial charge in [-0.05, 0) is 17.6 Å². The summed E-state index contributed by atoms with van der Waals surface area (Å²) in [5.41, 5.74) is 0. The quantitative estimate of drug-likeness (QED) is 0.861. The van der Waals surface area contributed by atoms with Gasteiger partial charge in [-0.2, -0.15) is 0 Å². The van der Waals surface area contributed by atoms with Gasteiger partial charge in [0.2, 0.25) is 5.76 Å². The second-order valence-corrected chi connectivity index (χ2v) is 4.46. The van der Waals surface area contributed by atoms with Crippen molar-refractivity contribution in [1.82, 2.24) is 15.4 Å². The van der Waals surface area contributed by atoms with Crippen molar-refractivity contribution >= 4 is 5.91 Å². The van der Waals surface area contributed by atoms with Crippen molar-refractivity contribution < 1.29 is 14.1 Å². The van der Waals surface area contributed by atoms with Gasteiger partial charge in [0.05, 0.1) is 13.2 Å². The lowest BCUT2D eigenvalue weighted by Crippen LogP contribution is -2.35. The van der Waals surface area contributed by atoms with Gasteiger partial charge in [0.1, 0.15) is 0 Å². The van der Waals surface area contributed by atoms with Crippen LogP contribution >= 0.6 is 0 Å². The molecule has 0 aromatic carbocycles. The van der Waals surface area contributed by atoms with E-state index in [1.165, 1.54) is 13.2 Å². The Balaban J connectivity index is 2.06. The molecule has 0 spiro atoms. The minimum absolute atomic E-state index is 0.118. The first-order valence-corrected chi connectivity index (χ1v) is 6.25. The van der Waals surface area contributed by atoms with Crippen molar-refractivity contribution in [2.45, 2.75) is 13.3 Å². The zero-order valence-electron chi connectivity index (χ0n) is 10.8. The number of aromatic nitrogens is 1. The van der Waals surface area contributed by atoms with Gasteiger partial charge in [-0.15, -0.1) is 0 Å². The number of nitrogens with one attached hydrogen (secondary N) is 1. The number of hydrogen-bond acceptors (Lipinski definition) is 5. The van der Waals surface area contributed by atoms with Gasteiger partial charge in [0.15, 0.2) is 0 Å². The molecule has 0 saturated carbocycles. The average molecular weight is 253 g/mol. The first-order chi connectivity index (χ1) is 8.74. The highest BCUT2D eigenvalue weighted by Gasteiger charge is 2.24. The first kappa shape index (κ1) is 12.9. The lowest BCUT2D eigenvalue weighted by Gasteiger charge is -2.21. The zero-order valence-corrected chi connectivity index (χ0v) is 10.8. The molecule has 0 radical (unpaired) electrons. The normalized spacial score (nSPS) is 20.6. The molecule has 1 aliphatic heterocycles. The Morgan fingerprint density at radius 3 is 3.22 bits per heavy atom. The number of carbonyl (C=O) groups excluding carboxylic acids is 1. The highest BCUT2D eigenvalue weighted by molar-refractivity contribution is 5.91. The smallest absolute Gasteiger partial charge is 0.292 e. The average Bonchev–Trinajstić information content (AvgIpc) is 2.75. The van der Waals surface area contributed by atoms with Crippen LogP contribution in [0.4, 0.5) is 0 Å². The van der Waals surface area contributed by atoms with Crippen LogP contribution in [-0.2, 0) is 0 Å². The van der Waals surface area contributed by atoms with E-state index >= 15 is 0 Å². The van der Waals surface area contributed by atoms with Crippen LogP contribution in [0.3, 0.4) is 0 Å². The van der Waals surface area contributed by atoms with E-state index in [1.54, 1.807) is 0 Å². The van der Waals surface area contributed by atoms with Gasteiger partial charge in [-0.1, -0.05) is 13.3 Å². The third-order valence-electron chi connectivity index (χ3n) is 3.24. The molecule has 1 saturated heterocycles. The van der Waals surface area contributed by atoms with E-state index in [9.17, 15) is 4.79 Å². The van der Waals surface area contributed by atoms with E-state index in [2.05, 4.69) is 17.4 Å². The van der Waals surface area contributed by atoms with Crippen LogP contribution in [0.15, 0.2) is 10.6 Å². The van der Waals surface area contributed by atoms with Crippen LogP contribution in [0.2, 0.25) is 0 Å². The Morgan fingerprint density at radius 1 is 1.72 bits per heavy atom. The van der Waals surface area contributed by atoms with E-state index in [0.717, 1.165) is 26.1 Å². The molecule has 1 N–H and O–H groups in total. The minimum Gasteiger partial charge on any atom is -0.479 e. The molecule has 1 atom stereocenters. The minimum atomic E-state index is -0.118. The van der Waals surface area contributed by atoms with Crippen LogP contribution in [0.5, 0.6) is 5.88 Å². The van der Waals surface area contributed by atoms with Gasteiger partial charge >= 0.3 is 0 Å². The number of rotatable bonds is 3. The fourth-order valence-electron chi connectivity index (χ4n) is 2.06. The number of ether oxygens (including phenoxy) is 1. The first-order valence-electron chi connectivity index (χ1n) is 6.25. The van der Waals surface area contributed by atoms with Gasteiger partial charge < -0.3 is 19.5 Å². The molecule has 1 unspecified atom stereocenters. The molecular formula is C12H19N3O3. The third kappa shape index (κ3) is 2.81. The fourth-order valence-corrected chi connectivity index (χ4v) is 2.06. The van der Waals surface area contributed by atoms with Crippen LogP contribution < -0.4 is 10.1 Å². The molecule has 18 heavy (non-hydrogen) atoms. The van der Waals surface area contributed by atoms with Crippen molar-refractivity contribution in [3.8, 4) is 5.88 Å². The Kier molecular flexibility index (Phi) is 4.19. The summed E-state index contributed by atoms with van der Waals surface area (Å²) in [7, 11) is 1.50. The Labute approximate surface area is 106 Å². The predicted octanol–water partition coefficient (Wildman–Crippen LogP) is 0.755. The molecule has 1 amide bonds. The lowest BCUT2D eigenvalue weighted by atomic mass is 10.1. The monoisotopic (exact) mass is 253 g/mol. The summed E-state index contributed by atoms with van der Waals surface area (Å²) in [5.74, 6) is 0.941. The summed E-state index contributed by atoms with van der Waals surface area (Å²) in [4.78, 5) is 14.1. The van der Waals surface area contributed by atoms with Gasteiger partial charge in [0, 0.05) is 19.6 Å². The summed E-state index contributed by atoms with van der Waals surface area (Å²) in [5, 5.41) is 6.99. The van der Waals surface area contributed by atoms with Crippen LogP contribution in [-0.4, -0.2) is 49.3 Å². The van der Waals surface area contributed by atoms with E-state index in [4.69, 9.17) is 9.26 Å². The predicted molar refractivity (Wildman–Crippen MR) is 65.6 cm³/mol. The topological polar surface area (TPSA) is 67.6 Å². The second-order valence-electron chi connectivity index (χ2n) is 4.46. The fraction of sp³-hybridized carbons (Fsp3) is 0.667. The molecule has 1 aromatic heterocycles. The summed E-state index contributed by atoms with van der Waals surface area (Å²) < 4.78 is 9.91. The third-order valence-corrected chi connectivity index (χ3v) is 3.24. The molecule has 1 fully saturated rings. The lowest BCUT2D eigenvalue weighted by molar-refractivity contribution is 0.0704. The van der Waals surface area contributed by atoms with Gasteiger partial charge in [-0.25, -0.2) is 0 Å². The number of amides is 1. The number of hydrogen-bond donors (Lipinski definition) is 1. The highest BCUT2D eigenvalue weighted by Crippen LogP contribution is 2.15. The molecular weight excluding hydrogens is 234 g/mol. The summed E-state index contributed by atoms with van der Waals surface area (Å²) in [6.45, 7) is 5.36. The van der Waals surface area contributed by atoms with Crippen molar-refractivity contribution in [3.05, 3.63) is 11.8 Å². The van der Waals surface area contributed by atoms with Crippen molar-refractivity contribution in [2.24, 2.45) is 5.92 Å². The SMILES string of the molecule is CCC1CNCCN(C(=O)c2cc(OC)no2)C1. The molecule has 1 aliphatic rings. The molecule has 6 nitrogen and oxygen atoms in total. The van der Waals surface area contributed by atoms with Crippen molar-refractivity contribution in [1.29, 1.82) is 0 Å². The van der Waals surface area contributed by atoms with Gasteiger partial charge in [0.25, 0.3) is 11.8 Å². The zero-order chi connectivity index (χ0) is 13.0. The standard InChI is InChI=1S/C12H19N3O3/c1-3-9-7-13-4-5-15(8-9)12(16)10-6-11(17-2)14-18-10/h6,9,13H,3-5,7-8H2,1-2H3. The summed E-state index contributed by atoms with van der Waals surface area (Å²) in [6.07, 6.45) is 1.05. The maximum absolute atomic E-state index is 12.3. The van der Waals surface area contributed by atoms with E-state index in [1.807, 2.05) is 4.90 Å². The molecule has 1 aromatic rings. The number of carbonyl (C=O) groups is 1. The number of methoxy groups -OCH3 is 1. The van der Waals surface area contributed by atoms with Crippen LogP contribution in [0, 0.1) is 5.92 Å². The second kappa shape index (κ2) is 5.86. The van der Waals surface area contributed by atoms with Crippen molar-refractivity contribution in [3.63, 3.8) is 0 Å². The highest BCUT2D eigenvalue weighted by atomic mass is 16.5. The van der Waals surface area contributed by atoms with E-state index < -0.39 is 0 Å². The van der Waals surface area contributed by atoms with E-state index in [0.29, 0.717) is 18.3 Å². The maximum Gasteiger partial charge on any atom is 0.292 e. The molecule has 0 bridgehead atoms. The summed E-state index contributed by atoms with van der Waals surface area (Å²) >= 11 is 0. The molecule has 0 aliphatic carbocycles. The molecule has 2 rings (SSSR count). The largest absolute Gasteiger partial charge is 0.479 e. The number of nitrogens with zero attached hydrogens (tertiary/aromatic N) is 2. The van der Waals surface area contributed by atoms with Crippen molar-refractivity contribution in [2.75, 3.05) is 33.3 Å². The molecule has 2 heterocycles. The van der Waals surface area contributed by atoms with Crippen LogP contribution in [0.1, 0.15) is 23.9 Å². The van der Waals surface area contributed by atoms with Crippen LogP contribution in [0.25, 0.3) is 0 Å².